The lowest BCUT2D eigenvalue weighted by atomic mass is 10.0. The molecule has 0 saturated carbocycles. The van der Waals surface area contributed by atoms with Crippen LogP contribution in [-0.4, -0.2) is 26.1 Å². The number of nitrogens with zero attached hydrogens (tertiary/aromatic N) is 3. The van der Waals surface area contributed by atoms with Crippen molar-refractivity contribution in [3.63, 3.8) is 0 Å². The highest BCUT2D eigenvalue weighted by atomic mass is 16.6. The Labute approximate surface area is 97.9 Å². The van der Waals surface area contributed by atoms with Crippen molar-refractivity contribution in [2.75, 3.05) is 5.32 Å². The maximum Gasteiger partial charge on any atom is 0.330 e. The van der Waals surface area contributed by atoms with Crippen LogP contribution in [0.3, 0.4) is 0 Å². The van der Waals surface area contributed by atoms with E-state index < -0.39 is 16.4 Å². The van der Waals surface area contributed by atoms with Crippen LogP contribution >= 0.6 is 0 Å². The lowest BCUT2D eigenvalue weighted by Crippen LogP contribution is -2.36. The lowest BCUT2D eigenvalue weighted by Gasteiger charge is -2.24. The molecule has 0 aliphatic heterocycles. The third-order valence-corrected chi connectivity index (χ3v) is 2.08. The number of nitrogens with two attached hydrogens (primary N) is 1. The zero-order chi connectivity index (χ0) is 13.2. The van der Waals surface area contributed by atoms with Gasteiger partial charge in [-0.3, -0.25) is 19.6 Å². The highest BCUT2D eigenvalue weighted by molar-refractivity contribution is 5.75. The molecule has 1 heterocycles. The quantitative estimate of drug-likeness (QED) is 0.571. The van der Waals surface area contributed by atoms with Gasteiger partial charge in [-0.25, -0.2) is 0 Å². The number of hydrogen-bond donors (Lipinski definition) is 2. The number of rotatable bonds is 5. The van der Waals surface area contributed by atoms with Gasteiger partial charge in [0.1, 0.15) is 6.20 Å². The molecule has 0 radical (unpaired) electrons. The normalized spacial score (nSPS) is 11.2. The van der Waals surface area contributed by atoms with Crippen LogP contribution in [0.2, 0.25) is 0 Å². The van der Waals surface area contributed by atoms with Crippen molar-refractivity contribution in [1.29, 1.82) is 0 Å². The lowest BCUT2D eigenvalue weighted by molar-refractivity contribution is -0.384. The molecule has 0 aliphatic rings. The van der Waals surface area contributed by atoms with E-state index in [9.17, 15) is 14.9 Å². The number of carbonyl (C=O) groups is 1. The second kappa shape index (κ2) is 4.40. The minimum Gasteiger partial charge on any atom is -0.370 e. The smallest absolute Gasteiger partial charge is 0.330 e. The van der Waals surface area contributed by atoms with E-state index in [4.69, 9.17) is 5.73 Å². The van der Waals surface area contributed by atoms with E-state index in [0.717, 1.165) is 0 Å². The number of primary amides is 1. The summed E-state index contributed by atoms with van der Waals surface area (Å²) in [6, 6.07) is 0. The molecule has 3 N–H and O–H groups in total. The van der Waals surface area contributed by atoms with Crippen molar-refractivity contribution in [1.82, 2.24) is 9.78 Å². The summed E-state index contributed by atoms with van der Waals surface area (Å²) in [6.45, 7) is 3.44. The minimum absolute atomic E-state index is 0.0563. The van der Waals surface area contributed by atoms with Crippen LogP contribution in [-0.2, 0) is 11.8 Å². The molecule has 8 heteroatoms. The number of nitrogens with one attached hydrogen (secondary N) is 1. The predicted octanol–water partition coefficient (Wildman–Crippen LogP) is 0.394. The standard InChI is InChI=1S/C9H15N5O3/c1-9(2,4-7(10)15)11-8-6(14(16)17)5-13(3)12-8/h5H,4H2,1-3H3,(H2,10,15)(H,11,12). The van der Waals surface area contributed by atoms with E-state index in [0.29, 0.717) is 0 Å². The van der Waals surface area contributed by atoms with Crippen LogP contribution in [0.5, 0.6) is 0 Å². The molecule has 0 saturated heterocycles. The van der Waals surface area contributed by atoms with Crippen molar-refractivity contribution in [2.45, 2.75) is 25.8 Å². The van der Waals surface area contributed by atoms with Gasteiger partial charge < -0.3 is 11.1 Å². The Morgan fingerprint density at radius 3 is 2.76 bits per heavy atom. The first-order valence-electron chi connectivity index (χ1n) is 4.96. The average molecular weight is 241 g/mol. The van der Waals surface area contributed by atoms with E-state index in [1.165, 1.54) is 10.9 Å². The number of aromatic nitrogens is 2. The van der Waals surface area contributed by atoms with Crippen molar-refractivity contribution < 1.29 is 9.72 Å². The van der Waals surface area contributed by atoms with Gasteiger partial charge >= 0.3 is 5.69 Å². The molecule has 1 aromatic rings. The predicted molar refractivity (Wildman–Crippen MR) is 61.4 cm³/mol. The topological polar surface area (TPSA) is 116 Å². The van der Waals surface area contributed by atoms with Gasteiger partial charge in [-0.1, -0.05) is 0 Å². The Bertz CT molecular complexity index is 451. The molecule has 0 bridgehead atoms. The highest BCUT2D eigenvalue weighted by Gasteiger charge is 2.26. The summed E-state index contributed by atoms with van der Waals surface area (Å²) in [5, 5.41) is 17.5. The number of carbonyl (C=O) groups excluding carboxylic acids is 1. The van der Waals surface area contributed by atoms with Gasteiger partial charge in [0, 0.05) is 19.0 Å². The number of nitro groups is 1. The van der Waals surface area contributed by atoms with Gasteiger partial charge in [0.05, 0.1) is 4.92 Å². The number of amides is 1. The van der Waals surface area contributed by atoms with Crippen LogP contribution in [0.1, 0.15) is 20.3 Å². The molecule has 0 spiro atoms. The highest BCUT2D eigenvalue weighted by Crippen LogP contribution is 2.25. The largest absolute Gasteiger partial charge is 0.370 e. The molecule has 0 aliphatic carbocycles. The van der Waals surface area contributed by atoms with E-state index >= 15 is 0 Å². The molecule has 1 rings (SSSR count). The monoisotopic (exact) mass is 241 g/mol. The molecule has 0 atom stereocenters. The van der Waals surface area contributed by atoms with Crippen molar-refractivity contribution >= 4 is 17.4 Å². The number of anilines is 1. The fraction of sp³-hybridized carbons (Fsp3) is 0.556. The summed E-state index contributed by atoms with van der Waals surface area (Å²) >= 11 is 0. The second-order valence-electron chi connectivity index (χ2n) is 4.45. The van der Waals surface area contributed by atoms with Crippen molar-refractivity contribution in [3.8, 4) is 0 Å². The maximum absolute atomic E-state index is 10.9. The van der Waals surface area contributed by atoms with Gasteiger partial charge in [0.25, 0.3) is 0 Å². The van der Waals surface area contributed by atoms with Crippen LogP contribution < -0.4 is 11.1 Å². The minimum atomic E-state index is -0.690. The summed E-state index contributed by atoms with van der Waals surface area (Å²) in [5.74, 6) is -0.357. The molecular weight excluding hydrogens is 226 g/mol. The molecule has 0 unspecified atom stereocenters. The van der Waals surface area contributed by atoms with Crippen molar-refractivity contribution in [3.05, 3.63) is 16.3 Å². The maximum atomic E-state index is 10.9. The van der Waals surface area contributed by atoms with Gasteiger partial charge in [-0.2, -0.15) is 0 Å². The molecule has 8 nitrogen and oxygen atoms in total. The van der Waals surface area contributed by atoms with E-state index in [2.05, 4.69) is 10.4 Å². The van der Waals surface area contributed by atoms with Gasteiger partial charge in [-0.15, -0.1) is 5.10 Å². The fourth-order valence-corrected chi connectivity index (χ4v) is 1.50. The average Bonchev–Trinajstić information content (AvgIpc) is 2.42. The van der Waals surface area contributed by atoms with Crippen LogP contribution in [0.25, 0.3) is 0 Å². The van der Waals surface area contributed by atoms with E-state index in [1.807, 2.05) is 0 Å². The van der Waals surface area contributed by atoms with Crippen LogP contribution in [0.15, 0.2) is 6.20 Å². The molecule has 0 fully saturated rings. The first-order valence-corrected chi connectivity index (χ1v) is 4.96. The molecule has 0 aromatic carbocycles. The summed E-state index contributed by atoms with van der Waals surface area (Å²) < 4.78 is 1.33. The Kier molecular flexibility index (Phi) is 3.35. The summed E-state index contributed by atoms with van der Waals surface area (Å²) in [7, 11) is 1.58. The van der Waals surface area contributed by atoms with E-state index in [-0.39, 0.29) is 17.9 Å². The summed E-state index contributed by atoms with van der Waals surface area (Å²) in [6.07, 6.45) is 1.35. The second-order valence-corrected chi connectivity index (χ2v) is 4.45. The Morgan fingerprint density at radius 2 is 2.29 bits per heavy atom. The number of hydrogen-bond acceptors (Lipinski definition) is 5. The van der Waals surface area contributed by atoms with Crippen LogP contribution in [0, 0.1) is 10.1 Å². The molecule has 1 aromatic heterocycles. The third kappa shape index (κ3) is 3.44. The number of aryl methyl sites for hydroxylation is 1. The Hall–Kier alpha value is -2.12. The zero-order valence-corrected chi connectivity index (χ0v) is 9.93. The van der Waals surface area contributed by atoms with Gasteiger partial charge in [0.2, 0.25) is 11.7 Å². The molecule has 17 heavy (non-hydrogen) atoms. The van der Waals surface area contributed by atoms with Gasteiger partial charge in [-0.05, 0) is 13.8 Å². The summed E-state index contributed by atoms with van der Waals surface area (Å²) in [4.78, 5) is 21.1. The van der Waals surface area contributed by atoms with E-state index in [1.54, 1.807) is 20.9 Å². The summed E-state index contributed by atoms with van der Waals surface area (Å²) in [5.41, 5.74) is 4.27. The Morgan fingerprint density at radius 1 is 1.71 bits per heavy atom. The molecule has 1 amide bonds. The first-order chi connectivity index (χ1) is 7.71. The third-order valence-electron chi connectivity index (χ3n) is 2.08. The molecule has 94 valence electrons. The zero-order valence-electron chi connectivity index (χ0n) is 9.93. The molecular formula is C9H15N5O3. The Balaban J connectivity index is 2.94. The van der Waals surface area contributed by atoms with Gasteiger partial charge in [0.15, 0.2) is 0 Å². The van der Waals surface area contributed by atoms with Crippen molar-refractivity contribution in [2.24, 2.45) is 12.8 Å². The van der Waals surface area contributed by atoms with Crippen LogP contribution in [0.4, 0.5) is 11.5 Å². The fourth-order valence-electron chi connectivity index (χ4n) is 1.50. The SMILES string of the molecule is Cn1cc([N+](=O)[O-])c(NC(C)(C)CC(N)=O)n1. The first kappa shape index (κ1) is 12.9.